The third-order valence-electron chi connectivity index (χ3n) is 5.75. The van der Waals surface area contributed by atoms with E-state index < -0.39 is 0 Å². The highest BCUT2D eigenvalue weighted by atomic mass is 16.5. The van der Waals surface area contributed by atoms with Gasteiger partial charge in [-0.3, -0.25) is 4.99 Å². The normalized spacial score (nSPS) is 20.4. The Balaban J connectivity index is 1.51. The van der Waals surface area contributed by atoms with Crippen LogP contribution in [0.15, 0.2) is 23.2 Å². The summed E-state index contributed by atoms with van der Waals surface area (Å²) in [6, 6.07) is 6.16. The minimum absolute atomic E-state index is 0.357. The van der Waals surface area contributed by atoms with Crippen LogP contribution in [0.2, 0.25) is 0 Å². The van der Waals surface area contributed by atoms with Gasteiger partial charge in [0.25, 0.3) is 0 Å². The first-order valence-electron chi connectivity index (χ1n) is 11.2. The summed E-state index contributed by atoms with van der Waals surface area (Å²) in [6.07, 6.45) is 4.41. The van der Waals surface area contributed by atoms with Crippen LogP contribution in [-0.4, -0.2) is 77.2 Å². The van der Waals surface area contributed by atoms with E-state index in [1.54, 1.807) is 14.2 Å². The molecule has 0 spiro atoms. The third-order valence-corrected chi connectivity index (χ3v) is 5.75. The van der Waals surface area contributed by atoms with Crippen LogP contribution in [0.5, 0.6) is 11.5 Å². The molecule has 0 bridgehead atoms. The average molecular weight is 420 g/mol. The molecule has 0 aromatic heterocycles. The molecule has 1 aromatic rings. The van der Waals surface area contributed by atoms with Crippen molar-refractivity contribution in [1.29, 1.82) is 0 Å². The molecular weight excluding hydrogens is 382 g/mol. The van der Waals surface area contributed by atoms with Crippen LogP contribution in [-0.2, 0) is 9.47 Å². The van der Waals surface area contributed by atoms with Crippen LogP contribution in [0.25, 0.3) is 0 Å². The van der Waals surface area contributed by atoms with Crippen LogP contribution in [0, 0.1) is 0 Å². The number of methoxy groups -OCH3 is 2. The number of ether oxygens (including phenoxy) is 4. The number of nitrogens with zero attached hydrogens (tertiary/aromatic N) is 2. The molecule has 1 aromatic carbocycles. The molecule has 7 nitrogen and oxygen atoms in total. The van der Waals surface area contributed by atoms with Gasteiger partial charge in [0, 0.05) is 58.0 Å². The molecule has 1 unspecified atom stereocenters. The van der Waals surface area contributed by atoms with Gasteiger partial charge in [0.15, 0.2) is 5.96 Å². The predicted octanol–water partition coefficient (Wildman–Crippen LogP) is 3.04. The fourth-order valence-corrected chi connectivity index (χ4v) is 4.06. The number of guanidine groups is 1. The lowest BCUT2D eigenvalue weighted by Crippen LogP contribution is -2.40. The lowest BCUT2D eigenvalue weighted by molar-refractivity contribution is -0.0318. The molecule has 2 saturated heterocycles. The highest BCUT2D eigenvalue weighted by molar-refractivity contribution is 5.80. The minimum atomic E-state index is 0.357. The molecule has 168 valence electrons. The minimum Gasteiger partial charge on any atom is -0.497 e. The molecule has 0 aliphatic carbocycles. The summed E-state index contributed by atoms with van der Waals surface area (Å²) < 4.78 is 22.2. The average Bonchev–Trinajstić information content (AvgIpc) is 3.28. The van der Waals surface area contributed by atoms with Gasteiger partial charge >= 0.3 is 0 Å². The van der Waals surface area contributed by atoms with Crippen molar-refractivity contribution in [1.82, 2.24) is 10.2 Å². The number of likely N-dealkylation sites (tertiary alicyclic amines) is 1. The Morgan fingerprint density at radius 3 is 2.53 bits per heavy atom. The summed E-state index contributed by atoms with van der Waals surface area (Å²) in [5.74, 6) is 3.12. The first-order valence-corrected chi connectivity index (χ1v) is 11.2. The van der Waals surface area contributed by atoms with Crippen molar-refractivity contribution in [2.24, 2.45) is 4.99 Å². The second-order valence-electron chi connectivity index (χ2n) is 7.85. The summed E-state index contributed by atoms with van der Waals surface area (Å²) in [4.78, 5) is 7.21. The van der Waals surface area contributed by atoms with Gasteiger partial charge in [-0.1, -0.05) is 0 Å². The van der Waals surface area contributed by atoms with Gasteiger partial charge in [0.1, 0.15) is 11.5 Å². The Hall–Kier alpha value is -1.99. The standard InChI is InChI=1S/C23H37N3O4/c1-4-24-23(25-9-5-11-30-20-7-12-29-13-8-20)26-10-6-18(17-26)19-14-21(27-2)16-22(15-19)28-3/h14-16,18,20H,4-13,17H2,1-3H3,(H,24,25). The molecule has 0 radical (unpaired) electrons. The van der Waals surface area contributed by atoms with E-state index in [1.165, 1.54) is 5.56 Å². The highest BCUT2D eigenvalue weighted by Gasteiger charge is 2.27. The molecule has 2 heterocycles. The summed E-state index contributed by atoms with van der Waals surface area (Å²) in [5, 5.41) is 3.45. The van der Waals surface area contributed by atoms with Gasteiger partial charge in [0.2, 0.25) is 0 Å². The van der Waals surface area contributed by atoms with Crippen LogP contribution >= 0.6 is 0 Å². The molecule has 7 heteroatoms. The van der Waals surface area contributed by atoms with Crippen molar-refractivity contribution in [3.63, 3.8) is 0 Å². The summed E-state index contributed by atoms with van der Waals surface area (Å²) in [7, 11) is 3.39. The smallest absolute Gasteiger partial charge is 0.193 e. The van der Waals surface area contributed by atoms with Crippen molar-refractivity contribution >= 4 is 5.96 Å². The number of hydrogen-bond donors (Lipinski definition) is 1. The van der Waals surface area contributed by atoms with E-state index >= 15 is 0 Å². The van der Waals surface area contributed by atoms with Crippen molar-refractivity contribution in [3.8, 4) is 11.5 Å². The van der Waals surface area contributed by atoms with E-state index in [9.17, 15) is 0 Å². The number of hydrogen-bond acceptors (Lipinski definition) is 5. The largest absolute Gasteiger partial charge is 0.497 e. The zero-order chi connectivity index (χ0) is 21.2. The molecule has 1 N–H and O–H groups in total. The maximum Gasteiger partial charge on any atom is 0.193 e. The third kappa shape index (κ3) is 6.51. The fraction of sp³-hybridized carbons (Fsp3) is 0.696. The molecule has 3 rings (SSSR count). The molecule has 0 amide bonds. The van der Waals surface area contributed by atoms with E-state index in [0.29, 0.717) is 12.0 Å². The summed E-state index contributed by atoms with van der Waals surface area (Å²) in [5.41, 5.74) is 1.26. The molecule has 30 heavy (non-hydrogen) atoms. The van der Waals surface area contributed by atoms with Gasteiger partial charge in [-0.15, -0.1) is 0 Å². The van der Waals surface area contributed by atoms with E-state index in [0.717, 1.165) is 89.1 Å². The molecule has 1 atom stereocenters. The zero-order valence-corrected chi connectivity index (χ0v) is 18.7. The lowest BCUT2D eigenvalue weighted by Gasteiger charge is -2.23. The van der Waals surface area contributed by atoms with Crippen LogP contribution in [0.3, 0.4) is 0 Å². The van der Waals surface area contributed by atoms with Gasteiger partial charge in [0.05, 0.1) is 20.3 Å². The first-order chi connectivity index (χ1) is 14.7. The van der Waals surface area contributed by atoms with E-state index in [-0.39, 0.29) is 0 Å². The maximum atomic E-state index is 5.96. The van der Waals surface area contributed by atoms with Crippen molar-refractivity contribution in [2.75, 3.05) is 60.2 Å². The quantitative estimate of drug-likeness (QED) is 0.377. The Morgan fingerprint density at radius 1 is 1.13 bits per heavy atom. The Labute approximate surface area is 180 Å². The molecule has 2 aliphatic heterocycles. The number of aliphatic imine (C=N–C) groups is 1. The van der Waals surface area contributed by atoms with Crippen molar-refractivity contribution in [3.05, 3.63) is 23.8 Å². The van der Waals surface area contributed by atoms with Gasteiger partial charge < -0.3 is 29.2 Å². The monoisotopic (exact) mass is 419 g/mol. The van der Waals surface area contributed by atoms with Crippen LogP contribution in [0.1, 0.15) is 44.1 Å². The van der Waals surface area contributed by atoms with Crippen LogP contribution in [0.4, 0.5) is 0 Å². The topological polar surface area (TPSA) is 64.6 Å². The maximum absolute atomic E-state index is 5.96. The van der Waals surface area contributed by atoms with Crippen molar-refractivity contribution in [2.45, 2.75) is 44.6 Å². The van der Waals surface area contributed by atoms with E-state index in [2.05, 4.69) is 29.3 Å². The Kier molecular flexibility index (Phi) is 9.08. The van der Waals surface area contributed by atoms with Gasteiger partial charge in [-0.25, -0.2) is 0 Å². The highest BCUT2D eigenvalue weighted by Crippen LogP contribution is 2.32. The molecule has 2 aliphatic rings. The lowest BCUT2D eigenvalue weighted by atomic mass is 9.98. The second kappa shape index (κ2) is 12.0. The van der Waals surface area contributed by atoms with Gasteiger partial charge in [-0.2, -0.15) is 0 Å². The fourth-order valence-electron chi connectivity index (χ4n) is 4.06. The molecule has 2 fully saturated rings. The second-order valence-corrected chi connectivity index (χ2v) is 7.85. The summed E-state index contributed by atoms with van der Waals surface area (Å²) in [6.45, 7) is 8.11. The predicted molar refractivity (Wildman–Crippen MR) is 119 cm³/mol. The SMILES string of the molecule is CCNC(=NCCCOC1CCOCC1)N1CCC(c2cc(OC)cc(OC)c2)C1. The van der Waals surface area contributed by atoms with Crippen LogP contribution < -0.4 is 14.8 Å². The van der Waals surface area contributed by atoms with E-state index in [4.69, 9.17) is 23.9 Å². The Morgan fingerprint density at radius 2 is 1.87 bits per heavy atom. The van der Waals surface area contributed by atoms with Crippen molar-refractivity contribution < 1.29 is 18.9 Å². The zero-order valence-electron chi connectivity index (χ0n) is 18.7. The first kappa shape index (κ1) is 22.7. The number of benzene rings is 1. The Bertz CT molecular complexity index is 654. The number of nitrogens with one attached hydrogen (secondary N) is 1. The van der Waals surface area contributed by atoms with E-state index in [1.807, 2.05) is 6.07 Å². The summed E-state index contributed by atoms with van der Waals surface area (Å²) >= 11 is 0. The van der Waals surface area contributed by atoms with Gasteiger partial charge in [-0.05, 0) is 50.3 Å². The molecular formula is C23H37N3O4. The molecule has 0 saturated carbocycles. The number of rotatable bonds is 9.